The Hall–Kier alpha value is -2.07. The Morgan fingerprint density at radius 2 is 1.90 bits per heavy atom. The molecule has 110 valence electrons. The monoisotopic (exact) mass is 282 g/mol. The number of likely N-dealkylation sites (N-methyl/N-ethyl adjacent to an activating group) is 1. The molecule has 3 rings (SSSR count). The van der Waals surface area contributed by atoms with Gasteiger partial charge in [0.05, 0.1) is 11.4 Å². The van der Waals surface area contributed by atoms with Crippen molar-refractivity contribution in [3.8, 4) is 0 Å². The number of nitrogens with one attached hydrogen (secondary N) is 1. The molecule has 1 N–H and O–H groups in total. The highest BCUT2D eigenvalue weighted by atomic mass is 15.3. The van der Waals surface area contributed by atoms with Crippen LogP contribution in [0.15, 0.2) is 36.4 Å². The highest BCUT2D eigenvalue weighted by molar-refractivity contribution is 5.78. The van der Waals surface area contributed by atoms with Crippen molar-refractivity contribution in [3.05, 3.63) is 47.7 Å². The van der Waals surface area contributed by atoms with Crippen molar-refractivity contribution in [2.45, 2.75) is 13.5 Å². The predicted octanol–water partition coefficient (Wildman–Crippen LogP) is 2.70. The summed E-state index contributed by atoms with van der Waals surface area (Å²) in [6.07, 6.45) is 0. The van der Waals surface area contributed by atoms with E-state index >= 15 is 0 Å². The summed E-state index contributed by atoms with van der Waals surface area (Å²) < 4.78 is 0. The van der Waals surface area contributed by atoms with Gasteiger partial charge in [-0.3, -0.25) is 0 Å². The van der Waals surface area contributed by atoms with Crippen LogP contribution in [0.5, 0.6) is 0 Å². The number of benzene rings is 1. The van der Waals surface area contributed by atoms with E-state index in [0.717, 1.165) is 31.1 Å². The zero-order valence-corrected chi connectivity index (χ0v) is 12.9. The van der Waals surface area contributed by atoms with E-state index in [1.807, 2.05) is 7.05 Å². The van der Waals surface area contributed by atoms with Gasteiger partial charge in [0.2, 0.25) is 0 Å². The summed E-state index contributed by atoms with van der Waals surface area (Å²) in [6, 6.07) is 12.9. The molecular formula is C17H22N4. The highest BCUT2D eigenvalue weighted by Crippen LogP contribution is 2.36. The molecule has 4 nitrogen and oxygen atoms in total. The fourth-order valence-corrected chi connectivity index (χ4v) is 2.91. The van der Waals surface area contributed by atoms with E-state index in [-0.39, 0.29) is 0 Å². The minimum absolute atomic E-state index is 0.867. The van der Waals surface area contributed by atoms with Crippen LogP contribution in [-0.2, 0) is 6.54 Å². The summed E-state index contributed by atoms with van der Waals surface area (Å²) in [4.78, 5) is 9.37. The second-order valence-electron chi connectivity index (χ2n) is 5.57. The molecule has 2 aromatic rings. The van der Waals surface area contributed by atoms with E-state index in [0.29, 0.717) is 0 Å². The van der Waals surface area contributed by atoms with Crippen molar-refractivity contribution in [2.75, 3.05) is 37.0 Å². The Morgan fingerprint density at radius 1 is 1.14 bits per heavy atom. The van der Waals surface area contributed by atoms with Crippen molar-refractivity contribution >= 4 is 17.2 Å². The summed E-state index contributed by atoms with van der Waals surface area (Å²) >= 11 is 0. The lowest BCUT2D eigenvalue weighted by molar-refractivity contribution is 0.797. The third-order valence-electron chi connectivity index (χ3n) is 3.90. The van der Waals surface area contributed by atoms with Gasteiger partial charge < -0.3 is 15.1 Å². The molecule has 21 heavy (non-hydrogen) atoms. The first kappa shape index (κ1) is 13.9. The van der Waals surface area contributed by atoms with Gasteiger partial charge in [0.15, 0.2) is 0 Å². The number of aryl methyl sites for hydroxylation is 1. The molecule has 1 aliphatic heterocycles. The van der Waals surface area contributed by atoms with Crippen molar-refractivity contribution < 1.29 is 0 Å². The Morgan fingerprint density at radius 3 is 2.67 bits per heavy atom. The van der Waals surface area contributed by atoms with Crippen molar-refractivity contribution in [1.82, 2.24) is 10.3 Å². The second kappa shape index (κ2) is 5.74. The van der Waals surface area contributed by atoms with E-state index in [2.05, 4.69) is 65.5 Å². The molecule has 0 radical (unpaired) electrons. The molecule has 1 aromatic heterocycles. The average Bonchev–Trinajstić information content (AvgIpc) is 2.47. The van der Waals surface area contributed by atoms with Crippen LogP contribution in [0.2, 0.25) is 0 Å². The Labute approximate surface area is 126 Å². The molecule has 0 saturated heterocycles. The molecule has 0 spiro atoms. The molecule has 1 aliphatic rings. The van der Waals surface area contributed by atoms with Crippen LogP contribution >= 0.6 is 0 Å². The standard InChI is InChI=1S/C17H22N4/c1-13-10-14(12-18-2)11-17(19-13)21-9-8-20(3)15-6-4-5-7-16(15)21/h4-7,10-11,18H,8-9,12H2,1-3H3. The van der Waals surface area contributed by atoms with Gasteiger partial charge in [-0.15, -0.1) is 0 Å². The molecule has 0 atom stereocenters. The number of anilines is 3. The Balaban J connectivity index is 2.03. The number of rotatable bonds is 3. The van der Waals surface area contributed by atoms with E-state index in [4.69, 9.17) is 4.98 Å². The van der Waals surface area contributed by atoms with Gasteiger partial charge in [0.25, 0.3) is 0 Å². The minimum atomic E-state index is 0.867. The molecule has 0 fully saturated rings. The summed E-state index contributed by atoms with van der Waals surface area (Å²) in [6.45, 7) is 4.90. The number of nitrogens with zero attached hydrogens (tertiary/aromatic N) is 3. The van der Waals surface area contributed by atoms with Crippen molar-refractivity contribution in [3.63, 3.8) is 0 Å². The first-order valence-corrected chi connectivity index (χ1v) is 7.39. The highest BCUT2D eigenvalue weighted by Gasteiger charge is 2.22. The van der Waals surface area contributed by atoms with Gasteiger partial charge in [0.1, 0.15) is 5.82 Å². The number of hydrogen-bond acceptors (Lipinski definition) is 4. The maximum absolute atomic E-state index is 4.74. The number of pyridine rings is 1. The lowest BCUT2D eigenvalue weighted by Crippen LogP contribution is -2.36. The summed E-state index contributed by atoms with van der Waals surface area (Å²) in [5, 5.41) is 3.21. The molecule has 1 aromatic carbocycles. The summed E-state index contributed by atoms with van der Waals surface area (Å²) in [5.74, 6) is 1.04. The maximum atomic E-state index is 4.74. The molecule has 0 aliphatic carbocycles. The largest absolute Gasteiger partial charge is 0.371 e. The van der Waals surface area contributed by atoms with Gasteiger partial charge in [0, 0.05) is 32.4 Å². The number of para-hydroxylation sites is 2. The molecule has 0 bridgehead atoms. The van der Waals surface area contributed by atoms with E-state index in [1.54, 1.807) is 0 Å². The Bertz CT molecular complexity index is 638. The van der Waals surface area contributed by atoms with Crippen LogP contribution in [0.4, 0.5) is 17.2 Å². The first-order valence-electron chi connectivity index (χ1n) is 7.39. The van der Waals surface area contributed by atoms with Crippen LogP contribution in [0.25, 0.3) is 0 Å². The van der Waals surface area contributed by atoms with Gasteiger partial charge in [-0.25, -0.2) is 4.98 Å². The summed E-state index contributed by atoms with van der Waals surface area (Å²) in [7, 11) is 4.12. The van der Waals surface area contributed by atoms with Gasteiger partial charge in [-0.05, 0) is 43.8 Å². The normalized spacial score (nSPS) is 14.2. The molecule has 0 unspecified atom stereocenters. The lowest BCUT2D eigenvalue weighted by Gasteiger charge is -2.36. The lowest BCUT2D eigenvalue weighted by atomic mass is 10.1. The van der Waals surface area contributed by atoms with E-state index < -0.39 is 0 Å². The first-order chi connectivity index (χ1) is 10.2. The predicted molar refractivity (Wildman–Crippen MR) is 88.5 cm³/mol. The number of hydrogen-bond donors (Lipinski definition) is 1. The van der Waals surface area contributed by atoms with Crippen LogP contribution in [0, 0.1) is 6.92 Å². The second-order valence-corrected chi connectivity index (χ2v) is 5.57. The van der Waals surface area contributed by atoms with Crippen LogP contribution in [-0.4, -0.2) is 32.2 Å². The quantitative estimate of drug-likeness (QED) is 0.938. The van der Waals surface area contributed by atoms with Gasteiger partial charge in [-0.1, -0.05) is 12.1 Å². The van der Waals surface area contributed by atoms with E-state index in [9.17, 15) is 0 Å². The van der Waals surface area contributed by atoms with E-state index in [1.165, 1.54) is 16.9 Å². The molecular weight excluding hydrogens is 260 g/mol. The van der Waals surface area contributed by atoms with Crippen LogP contribution in [0.1, 0.15) is 11.3 Å². The maximum Gasteiger partial charge on any atom is 0.133 e. The molecule has 2 heterocycles. The fraction of sp³-hybridized carbons (Fsp3) is 0.353. The van der Waals surface area contributed by atoms with Crippen molar-refractivity contribution in [2.24, 2.45) is 0 Å². The number of aromatic nitrogens is 1. The van der Waals surface area contributed by atoms with Crippen LogP contribution in [0.3, 0.4) is 0 Å². The summed E-state index contributed by atoms with van der Waals surface area (Å²) in [5.41, 5.74) is 4.84. The molecule has 0 saturated carbocycles. The topological polar surface area (TPSA) is 31.4 Å². The van der Waals surface area contributed by atoms with Gasteiger partial charge >= 0.3 is 0 Å². The average molecular weight is 282 g/mol. The third kappa shape index (κ3) is 2.72. The minimum Gasteiger partial charge on any atom is -0.371 e. The Kier molecular flexibility index (Phi) is 3.80. The molecule has 0 amide bonds. The SMILES string of the molecule is CNCc1cc(C)nc(N2CCN(C)c3ccccc32)c1. The number of fused-ring (bicyclic) bond motifs is 1. The smallest absolute Gasteiger partial charge is 0.133 e. The fourth-order valence-electron chi connectivity index (χ4n) is 2.91. The van der Waals surface area contributed by atoms with Gasteiger partial charge in [-0.2, -0.15) is 0 Å². The van der Waals surface area contributed by atoms with Crippen LogP contribution < -0.4 is 15.1 Å². The zero-order chi connectivity index (χ0) is 14.8. The molecule has 4 heteroatoms. The van der Waals surface area contributed by atoms with Crippen molar-refractivity contribution in [1.29, 1.82) is 0 Å². The third-order valence-corrected chi connectivity index (χ3v) is 3.90. The zero-order valence-electron chi connectivity index (χ0n) is 12.9.